The van der Waals surface area contributed by atoms with E-state index in [0.717, 1.165) is 0 Å². The van der Waals surface area contributed by atoms with Gasteiger partial charge in [-0.15, -0.1) is 0 Å². The van der Waals surface area contributed by atoms with Gasteiger partial charge in [-0.1, -0.05) is 0 Å². The van der Waals surface area contributed by atoms with Crippen molar-refractivity contribution in [1.29, 1.82) is 0 Å². The molecule has 4 nitrogen and oxygen atoms in total. The number of hydrogen-bond acceptors (Lipinski definition) is 3. The minimum Gasteiger partial charge on any atom is -0.477 e. The minimum atomic E-state index is -5.15. The van der Waals surface area contributed by atoms with Crippen molar-refractivity contribution in [2.45, 2.75) is 11.1 Å². The summed E-state index contributed by atoms with van der Waals surface area (Å²) in [5, 5.41) is 8.47. The van der Waals surface area contributed by atoms with Gasteiger partial charge in [-0.3, -0.25) is 0 Å². The minimum absolute atomic E-state index is 0.248. The molecule has 0 fully saturated rings. The van der Waals surface area contributed by atoms with Crippen LogP contribution < -0.4 is 0 Å². The van der Waals surface area contributed by atoms with Crippen LogP contribution in [0.3, 0.4) is 0 Å². The van der Waals surface area contributed by atoms with Gasteiger partial charge in [-0.25, -0.2) is 22.0 Å². The molecule has 0 spiro atoms. The average molecular weight is 304 g/mol. The Bertz CT molecular complexity index is 620. The number of rotatable bonds is 3. The summed E-state index contributed by atoms with van der Waals surface area (Å²) in [6.07, 6.45) is -5.14. The van der Waals surface area contributed by atoms with E-state index in [9.17, 15) is 35.2 Å². The highest BCUT2D eigenvalue weighted by molar-refractivity contribution is 7.91. The first-order valence-corrected chi connectivity index (χ1v) is 6.12. The van der Waals surface area contributed by atoms with Crippen LogP contribution in [0.1, 0.15) is 10.4 Å². The molecule has 10 heteroatoms. The maximum Gasteiger partial charge on any atom is 0.403 e. The number of hydrogen-bond donors (Lipinski definition) is 1. The zero-order valence-corrected chi connectivity index (χ0v) is 9.65. The van der Waals surface area contributed by atoms with Gasteiger partial charge in [0.25, 0.3) is 0 Å². The summed E-state index contributed by atoms with van der Waals surface area (Å²) in [6.45, 7) is 0. The maximum atomic E-state index is 13.5. The molecule has 0 aromatic heterocycles. The number of carboxylic acids is 1. The molecule has 0 saturated carbocycles. The Morgan fingerprint density at radius 2 is 1.74 bits per heavy atom. The fraction of sp³-hybridized carbons (Fsp3) is 0.222. The molecule has 1 aromatic carbocycles. The van der Waals surface area contributed by atoms with E-state index in [1.165, 1.54) is 0 Å². The zero-order chi connectivity index (χ0) is 15.0. The van der Waals surface area contributed by atoms with Crippen molar-refractivity contribution in [2.75, 3.05) is 5.75 Å². The molecule has 0 heterocycles. The summed E-state index contributed by atoms with van der Waals surface area (Å²) in [6, 6.07) is 0.522. The third-order valence-corrected chi connectivity index (χ3v) is 3.65. The SMILES string of the molecule is O=C(O)c1c(F)ccc(S(=O)(=O)CC(F)(F)F)c1F. The lowest BCUT2D eigenvalue weighted by Gasteiger charge is -2.10. The lowest BCUT2D eigenvalue weighted by molar-refractivity contribution is -0.106. The second kappa shape index (κ2) is 4.76. The van der Waals surface area contributed by atoms with Crippen LogP contribution in [0.25, 0.3) is 0 Å². The Morgan fingerprint density at radius 3 is 2.16 bits per heavy atom. The van der Waals surface area contributed by atoms with Gasteiger partial charge in [-0.2, -0.15) is 13.2 Å². The Balaban J connectivity index is 3.46. The number of aromatic carboxylic acids is 1. The van der Waals surface area contributed by atoms with Crippen molar-refractivity contribution in [1.82, 2.24) is 0 Å². The van der Waals surface area contributed by atoms with E-state index in [1.807, 2.05) is 0 Å². The monoisotopic (exact) mass is 304 g/mol. The fourth-order valence-electron chi connectivity index (χ4n) is 1.26. The molecule has 0 saturated heterocycles. The predicted molar refractivity (Wildman–Crippen MR) is 51.4 cm³/mol. The largest absolute Gasteiger partial charge is 0.477 e. The van der Waals surface area contributed by atoms with Gasteiger partial charge < -0.3 is 5.11 Å². The van der Waals surface area contributed by atoms with E-state index in [-0.39, 0.29) is 12.1 Å². The van der Waals surface area contributed by atoms with E-state index in [4.69, 9.17) is 5.11 Å². The van der Waals surface area contributed by atoms with Gasteiger partial charge >= 0.3 is 12.1 Å². The first-order valence-electron chi connectivity index (χ1n) is 4.46. The Kier molecular flexibility index (Phi) is 3.84. The van der Waals surface area contributed by atoms with E-state index in [1.54, 1.807) is 0 Å². The molecular weight excluding hydrogens is 299 g/mol. The van der Waals surface area contributed by atoms with Crippen LogP contribution in [-0.4, -0.2) is 31.4 Å². The Hall–Kier alpha value is -1.71. The van der Waals surface area contributed by atoms with Crippen LogP contribution in [0.5, 0.6) is 0 Å². The lowest BCUT2D eigenvalue weighted by Crippen LogP contribution is -2.24. The summed E-state index contributed by atoms with van der Waals surface area (Å²) in [5.74, 6) is -8.14. The smallest absolute Gasteiger partial charge is 0.403 e. The van der Waals surface area contributed by atoms with Gasteiger partial charge in [0.15, 0.2) is 21.4 Å². The van der Waals surface area contributed by atoms with Crippen molar-refractivity contribution in [3.63, 3.8) is 0 Å². The topological polar surface area (TPSA) is 71.4 Å². The molecule has 1 aromatic rings. The number of carboxylic acid groups (broad SMARTS) is 1. The summed E-state index contributed by atoms with van der Waals surface area (Å²) in [7, 11) is -5.15. The van der Waals surface area contributed by atoms with Crippen molar-refractivity contribution in [3.05, 3.63) is 29.3 Å². The fourth-order valence-corrected chi connectivity index (χ4v) is 2.50. The highest BCUT2D eigenvalue weighted by Crippen LogP contribution is 2.26. The molecule has 1 N–H and O–H groups in total. The van der Waals surface area contributed by atoms with Gasteiger partial charge in [0.1, 0.15) is 16.3 Å². The molecule has 0 bridgehead atoms. The molecule has 106 valence electrons. The van der Waals surface area contributed by atoms with Crippen LogP contribution in [0, 0.1) is 11.6 Å². The summed E-state index contributed by atoms with van der Waals surface area (Å²) < 4.78 is 85.1. The molecule has 1 rings (SSSR count). The first-order chi connectivity index (χ1) is 8.46. The Labute approximate surface area is 103 Å². The number of halogens is 5. The summed E-state index contributed by atoms with van der Waals surface area (Å²) in [4.78, 5) is 9.00. The van der Waals surface area contributed by atoms with Crippen molar-refractivity contribution in [3.8, 4) is 0 Å². The van der Waals surface area contributed by atoms with E-state index >= 15 is 0 Å². The Morgan fingerprint density at radius 1 is 1.21 bits per heavy atom. The maximum absolute atomic E-state index is 13.5. The van der Waals surface area contributed by atoms with Crippen LogP contribution in [-0.2, 0) is 9.84 Å². The molecule has 0 aliphatic rings. The number of benzene rings is 1. The number of sulfone groups is 1. The third kappa shape index (κ3) is 3.40. The summed E-state index contributed by atoms with van der Waals surface area (Å²) in [5.41, 5.74) is -1.62. The average Bonchev–Trinajstić information content (AvgIpc) is 2.11. The van der Waals surface area contributed by atoms with Crippen molar-refractivity contribution >= 4 is 15.8 Å². The molecule has 0 radical (unpaired) electrons. The highest BCUT2D eigenvalue weighted by atomic mass is 32.2. The third-order valence-electron chi connectivity index (χ3n) is 1.96. The van der Waals surface area contributed by atoms with Crippen LogP contribution in [0.15, 0.2) is 17.0 Å². The predicted octanol–water partition coefficient (Wildman–Crippen LogP) is 2.00. The lowest BCUT2D eigenvalue weighted by atomic mass is 10.2. The van der Waals surface area contributed by atoms with Crippen molar-refractivity contribution < 1.29 is 40.3 Å². The first kappa shape index (κ1) is 15.3. The molecule has 19 heavy (non-hydrogen) atoms. The zero-order valence-electron chi connectivity index (χ0n) is 8.83. The summed E-state index contributed by atoms with van der Waals surface area (Å²) >= 11 is 0. The standard InChI is InChI=1S/C9H5F5O4S/c10-4-1-2-5(7(11)6(4)8(15)16)19(17,18)3-9(12,13)14/h1-2H,3H2,(H,15,16). The second-order valence-corrected chi connectivity index (χ2v) is 5.37. The van der Waals surface area contributed by atoms with Crippen LogP contribution in [0.4, 0.5) is 22.0 Å². The highest BCUT2D eigenvalue weighted by Gasteiger charge is 2.38. The quantitative estimate of drug-likeness (QED) is 0.685. The molecule has 0 unspecified atom stereocenters. The van der Waals surface area contributed by atoms with E-state index < -0.39 is 49.8 Å². The number of carbonyl (C=O) groups is 1. The van der Waals surface area contributed by atoms with Gasteiger partial charge in [0.2, 0.25) is 0 Å². The second-order valence-electron chi connectivity index (χ2n) is 3.41. The molecule has 0 aliphatic carbocycles. The molecule has 0 atom stereocenters. The molecule has 0 amide bonds. The van der Waals surface area contributed by atoms with Gasteiger partial charge in [0.05, 0.1) is 0 Å². The molecule has 0 aliphatic heterocycles. The van der Waals surface area contributed by atoms with Crippen LogP contribution in [0.2, 0.25) is 0 Å². The van der Waals surface area contributed by atoms with E-state index in [2.05, 4.69) is 0 Å². The van der Waals surface area contributed by atoms with Crippen molar-refractivity contribution in [2.24, 2.45) is 0 Å². The number of alkyl halides is 3. The van der Waals surface area contributed by atoms with Gasteiger partial charge in [-0.05, 0) is 12.1 Å². The normalized spacial score (nSPS) is 12.5. The van der Waals surface area contributed by atoms with Gasteiger partial charge in [0, 0.05) is 0 Å². The molecular formula is C9H5F5O4S. The van der Waals surface area contributed by atoms with E-state index in [0.29, 0.717) is 0 Å². The van der Waals surface area contributed by atoms with Crippen LogP contribution >= 0.6 is 0 Å².